The van der Waals surface area contributed by atoms with Crippen LogP contribution in [0.25, 0.3) is 0 Å². The fourth-order valence-corrected chi connectivity index (χ4v) is 11.0. The number of hydrogen-bond acceptors (Lipinski definition) is 4. The number of anilines is 2. The van der Waals surface area contributed by atoms with E-state index >= 15 is 0 Å². The maximum Gasteiger partial charge on any atom is 0.310 e. The first-order chi connectivity index (χ1) is 19.6. The fraction of sp³-hybridized carbons (Fsp3) is 0.711. The summed E-state index contributed by atoms with van der Waals surface area (Å²) in [5.41, 5.74) is 17.7. The molecule has 4 N–H and O–H groups in total. The Balaban J connectivity index is 1.33. The van der Waals surface area contributed by atoms with Gasteiger partial charge in [0.1, 0.15) is 6.10 Å². The fourth-order valence-electron chi connectivity index (χ4n) is 11.0. The zero-order valence-corrected chi connectivity index (χ0v) is 27.8. The lowest BCUT2D eigenvalue weighted by Crippen LogP contribution is -2.58. The summed E-state index contributed by atoms with van der Waals surface area (Å²) in [6.07, 6.45) is 16.3. The molecule has 8 atom stereocenters. The molecule has 3 saturated carbocycles. The van der Waals surface area contributed by atoms with Crippen molar-refractivity contribution in [3.05, 3.63) is 47.1 Å². The molecule has 1 aromatic carbocycles. The molecule has 4 heteroatoms. The molecule has 4 aliphatic carbocycles. The molecular formula is C38H58N2O2. The van der Waals surface area contributed by atoms with E-state index in [1.807, 2.05) is 12.1 Å². The maximum atomic E-state index is 13.1. The molecule has 0 spiro atoms. The highest BCUT2D eigenvalue weighted by atomic mass is 16.5. The Bertz CT molecular complexity index is 1240. The van der Waals surface area contributed by atoms with Gasteiger partial charge in [-0.3, -0.25) is 4.79 Å². The van der Waals surface area contributed by atoms with Crippen molar-refractivity contribution in [3.8, 4) is 0 Å². The first kappa shape index (κ1) is 31.2. The number of nitrogens with two attached hydrogens (primary N) is 2. The second-order valence-electron chi connectivity index (χ2n) is 16.3. The van der Waals surface area contributed by atoms with Crippen molar-refractivity contribution in [1.29, 1.82) is 0 Å². The SMILES string of the molecule is CC(C)=CCCC(C)C1CCC2(C)C3CC=C4C(C)(C)C(OC(=O)Cc5cc(N)cc(N)c5)CCC4(C)C3CCC12C. The molecule has 0 heterocycles. The van der Waals surface area contributed by atoms with Crippen LogP contribution in [0, 0.1) is 45.3 Å². The van der Waals surface area contributed by atoms with Gasteiger partial charge in [0.25, 0.3) is 0 Å². The number of benzene rings is 1. The van der Waals surface area contributed by atoms with Gasteiger partial charge in [0.2, 0.25) is 0 Å². The van der Waals surface area contributed by atoms with E-state index in [1.54, 1.807) is 11.6 Å². The van der Waals surface area contributed by atoms with E-state index in [0.29, 0.717) is 28.1 Å². The molecule has 8 unspecified atom stereocenters. The van der Waals surface area contributed by atoms with Crippen molar-refractivity contribution in [1.82, 2.24) is 0 Å². The average Bonchev–Trinajstić information content (AvgIpc) is 3.16. The first-order valence-electron chi connectivity index (χ1n) is 16.8. The van der Waals surface area contributed by atoms with Gasteiger partial charge in [-0.1, -0.05) is 64.8 Å². The van der Waals surface area contributed by atoms with Crippen LogP contribution in [-0.2, 0) is 16.0 Å². The van der Waals surface area contributed by atoms with Crippen LogP contribution in [0.4, 0.5) is 11.4 Å². The van der Waals surface area contributed by atoms with Gasteiger partial charge < -0.3 is 16.2 Å². The van der Waals surface area contributed by atoms with Gasteiger partial charge in [-0.25, -0.2) is 0 Å². The van der Waals surface area contributed by atoms with Crippen molar-refractivity contribution in [2.45, 2.75) is 126 Å². The summed E-state index contributed by atoms with van der Waals surface area (Å²) >= 11 is 0. The Morgan fingerprint density at radius 2 is 1.62 bits per heavy atom. The lowest BCUT2D eigenvalue weighted by molar-refractivity contribution is -0.161. The number of nitrogen functional groups attached to an aromatic ring is 2. The van der Waals surface area contributed by atoms with Crippen LogP contribution in [-0.4, -0.2) is 12.1 Å². The number of carbonyl (C=O) groups excluding carboxylic acids is 1. The van der Waals surface area contributed by atoms with Gasteiger partial charge in [-0.05, 0) is 135 Å². The Morgan fingerprint density at radius 3 is 2.29 bits per heavy atom. The monoisotopic (exact) mass is 574 g/mol. The molecule has 4 aliphatic rings. The van der Waals surface area contributed by atoms with Gasteiger partial charge in [0.05, 0.1) is 6.42 Å². The van der Waals surface area contributed by atoms with Crippen LogP contribution in [0.15, 0.2) is 41.5 Å². The molecule has 42 heavy (non-hydrogen) atoms. The molecule has 0 saturated heterocycles. The summed E-state index contributed by atoms with van der Waals surface area (Å²) in [6.45, 7) is 19.5. The maximum absolute atomic E-state index is 13.1. The van der Waals surface area contributed by atoms with Crippen molar-refractivity contribution in [3.63, 3.8) is 0 Å². The normalized spacial score (nSPS) is 37.5. The molecule has 3 fully saturated rings. The zero-order valence-electron chi connectivity index (χ0n) is 27.8. The van der Waals surface area contributed by atoms with E-state index < -0.39 is 0 Å². The third-order valence-corrected chi connectivity index (χ3v) is 13.3. The van der Waals surface area contributed by atoms with Crippen molar-refractivity contribution < 1.29 is 9.53 Å². The van der Waals surface area contributed by atoms with Crippen LogP contribution >= 0.6 is 0 Å². The number of ether oxygens (including phenoxy) is 1. The molecule has 5 rings (SSSR count). The number of allylic oxidation sites excluding steroid dienone is 3. The predicted octanol–water partition coefficient (Wildman–Crippen LogP) is 9.29. The topological polar surface area (TPSA) is 78.3 Å². The Kier molecular flexibility index (Phi) is 8.20. The van der Waals surface area contributed by atoms with E-state index in [1.165, 1.54) is 50.5 Å². The number of esters is 1. The van der Waals surface area contributed by atoms with Gasteiger partial charge in [-0.15, -0.1) is 0 Å². The highest BCUT2D eigenvalue weighted by Crippen LogP contribution is 2.73. The highest BCUT2D eigenvalue weighted by Gasteiger charge is 2.66. The van der Waals surface area contributed by atoms with E-state index in [2.05, 4.69) is 67.5 Å². The van der Waals surface area contributed by atoms with Gasteiger partial charge in [0, 0.05) is 16.8 Å². The highest BCUT2D eigenvalue weighted by molar-refractivity contribution is 5.74. The summed E-state index contributed by atoms with van der Waals surface area (Å²) < 4.78 is 6.25. The van der Waals surface area contributed by atoms with Crippen LogP contribution in [0.2, 0.25) is 0 Å². The van der Waals surface area contributed by atoms with E-state index in [4.69, 9.17) is 16.2 Å². The number of fused-ring (bicyclic) bond motifs is 5. The number of hydrogen-bond donors (Lipinski definition) is 2. The largest absolute Gasteiger partial charge is 0.461 e. The molecule has 0 amide bonds. The molecule has 0 aromatic heterocycles. The summed E-state index contributed by atoms with van der Waals surface area (Å²) in [4.78, 5) is 13.1. The summed E-state index contributed by atoms with van der Waals surface area (Å²) in [6, 6.07) is 5.36. The Labute approximate surface area is 256 Å². The minimum Gasteiger partial charge on any atom is -0.461 e. The van der Waals surface area contributed by atoms with E-state index in [9.17, 15) is 4.79 Å². The standard InChI is InChI=1S/C38H58N2O2/c1-24(2)10-9-11-25(3)29-14-18-38(8)31-12-13-32-35(4,5)33(16-17-36(32,6)30(31)15-19-37(29,38)7)42-34(41)22-26-20-27(39)23-28(40)21-26/h10,13,20-21,23,25,29-31,33H,9,11-12,14-19,22,39-40H2,1-8H3. The van der Waals surface area contributed by atoms with Crippen LogP contribution < -0.4 is 11.5 Å². The first-order valence-corrected chi connectivity index (χ1v) is 16.8. The van der Waals surface area contributed by atoms with Gasteiger partial charge in [-0.2, -0.15) is 0 Å². The van der Waals surface area contributed by atoms with Crippen LogP contribution in [0.3, 0.4) is 0 Å². The number of carbonyl (C=O) groups is 1. The smallest absolute Gasteiger partial charge is 0.310 e. The molecular weight excluding hydrogens is 516 g/mol. The number of rotatable bonds is 7. The van der Waals surface area contributed by atoms with Crippen LogP contribution in [0.1, 0.15) is 119 Å². The van der Waals surface area contributed by atoms with Gasteiger partial charge >= 0.3 is 5.97 Å². The van der Waals surface area contributed by atoms with E-state index in [-0.39, 0.29) is 29.3 Å². The Morgan fingerprint density at radius 1 is 0.952 bits per heavy atom. The van der Waals surface area contributed by atoms with Crippen molar-refractivity contribution in [2.24, 2.45) is 45.3 Å². The molecule has 0 radical (unpaired) electrons. The lowest BCUT2D eigenvalue weighted by atomic mass is 9.40. The van der Waals surface area contributed by atoms with Gasteiger partial charge in [0.15, 0.2) is 0 Å². The lowest BCUT2D eigenvalue weighted by Gasteiger charge is -2.64. The minimum absolute atomic E-state index is 0.110. The molecule has 232 valence electrons. The minimum atomic E-state index is -0.187. The third-order valence-electron chi connectivity index (χ3n) is 13.3. The molecule has 1 aromatic rings. The molecule has 4 nitrogen and oxygen atoms in total. The second-order valence-corrected chi connectivity index (χ2v) is 16.3. The molecule has 0 aliphatic heterocycles. The summed E-state index contributed by atoms with van der Waals surface area (Å²) in [5.74, 6) is 2.87. The zero-order chi connectivity index (χ0) is 30.7. The van der Waals surface area contributed by atoms with E-state index in [0.717, 1.165) is 36.2 Å². The summed E-state index contributed by atoms with van der Waals surface area (Å²) in [7, 11) is 0. The summed E-state index contributed by atoms with van der Waals surface area (Å²) in [5, 5.41) is 0. The van der Waals surface area contributed by atoms with Crippen LogP contribution in [0.5, 0.6) is 0 Å². The predicted molar refractivity (Wildman–Crippen MR) is 176 cm³/mol. The second kappa shape index (κ2) is 11.0. The third kappa shape index (κ3) is 5.13. The van der Waals surface area contributed by atoms with Crippen molar-refractivity contribution >= 4 is 17.3 Å². The molecule has 0 bridgehead atoms. The average molecular weight is 575 g/mol. The quantitative estimate of drug-likeness (QED) is 0.193. The Hall–Kier alpha value is -2.23. The van der Waals surface area contributed by atoms with Crippen molar-refractivity contribution in [2.75, 3.05) is 11.5 Å².